The first-order chi connectivity index (χ1) is 25.9. The molecule has 0 aliphatic carbocycles. The van der Waals surface area contributed by atoms with Crippen LogP contribution in [0.5, 0.6) is 0 Å². The minimum atomic E-state index is -0.588. The van der Waals surface area contributed by atoms with E-state index in [-0.39, 0.29) is 30.6 Å². The number of carbonyl (C=O) groups is 2. The lowest BCUT2D eigenvalue weighted by Gasteiger charge is -2.36. The van der Waals surface area contributed by atoms with E-state index in [0.29, 0.717) is 60.9 Å². The molecule has 12 nitrogen and oxygen atoms in total. The number of nitrogens with zero attached hydrogens (tertiary/aromatic N) is 4. The zero-order valence-corrected chi connectivity index (χ0v) is 30.5. The Morgan fingerprint density at radius 2 is 1.60 bits per heavy atom. The predicted octanol–water partition coefficient (Wildman–Crippen LogP) is 6.49. The Bertz CT molecular complexity index is 1950. The summed E-state index contributed by atoms with van der Waals surface area (Å²) in [6.07, 6.45) is 2.69. The number of amides is 2. The fraction of sp³-hybridized carbons (Fsp3) is 0.325. The number of hydrogen-bond acceptors (Lipinski definition) is 10. The van der Waals surface area contributed by atoms with Gasteiger partial charge in [-0.05, 0) is 63.2 Å². The van der Waals surface area contributed by atoms with Crippen molar-refractivity contribution in [3.05, 3.63) is 119 Å². The van der Waals surface area contributed by atoms with Gasteiger partial charge >= 0.3 is 0 Å². The second-order valence-corrected chi connectivity index (χ2v) is 14.0. The van der Waals surface area contributed by atoms with Gasteiger partial charge in [-0.15, -0.1) is 5.10 Å². The Labute approximate surface area is 313 Å². The van der Waals surface area contributed by atoms with Crippen molar-refractivity contribution in [2.24, 2.45) is 7.05 Å². The fourth-order valence-electron chi connectivity index (χ4n) is 6.16. The number of para-hydroxylation sites is 2. The molecule has 0 radical (unpaired) electrons. The zero-order valence-electron chi connectivity index (χ0n) is 29.7. The molecule has 0 saturated carbocycles. The molecule has 53 heavy (non-hydrogen) atoms. The van der Waals surface area contributed by atoms with E-state index in [4.69, 9.17) is 15.2 Å². The van der Waals surface area contributed by atoms with Gasteiger partial charge in [0.25, 0.3) is 0 Å². The first-order valence-corrected chi connectivity index (χ1v) is 18.8. The van der Waals surface area contributed by atoms with Crippen molar-refractivity contribution in [3.63, 3.8) is 0 Å². The Balaban J connectivity index is 1.02. The maximum absolute atomic E-state index is 12.7. The first-order valence-electron chi connectivity index (χ1n) is 17.8. The number of aromatic nitrogens is 4. The normalized spacial score (nSPS) is 17.0. The van der Waals surface area contributed by atoms with Gasteiger partial charge in [0.2, 0.25) is 17.0 Å². The van der Waals surface area contributed by atoms with E-state index in [2.05, 4.69) is 44.4 Å². The topological polar surface area (TPSA) is 167 Å². The highest BCUT2D eigenvalue weighted by Gasteiger charge is 2.32. The van der Waals surface area contributed by atoms with Crippen LogP contribution in [0.1, 0.15) is 73.2 Å². The molecule has 4 aromatic carbocycles. The number of aliphatic hydroxyl groups is 1. The van der Waals surface area contributed by atoms with Gasteiger partial charge in [0, 0.05) is 44.2 Å². The van der Waals surface area contributed by atoms with Crippen molar-refractivity contribution < 1.29 is 24.2 Å². The summed E-state index contributed by atoms with van der Waals surface area (Å²) < 4.78 is 14.7. The second kappa shape index (κ2) is 18.6. The Morgan fingerprint density at radius 1 is 0.887 bits per heavy atom. The van der Waals surface area contributed by atoms with Gasteiger partial charge in [0.15, 0.2) is 6.29 Å². The maximum Gasteiger partial charge on any atom is 0.224 e. The number of thioether (sulfide) groups is 1. The molecule has 3 unspecified atom stereocenters. The zero-order chi connectivity index (χ0) is 37.0. The minimum absolute atomic E-state index is 0.0139. The third-order valence-corrected chi connectivity index (χ3v) is 10.3. The number of aryl methyl sites for hydroxylation is 1. The number of anilines is 2. The highest BCUT2D eigenvalue weighted by molar-refractivity contribution is 7.99. The number of benzene rings is 4. The molecule has 5 N–H and O–H groups in total. The van der Waals surface area contributed by atoms with E-state index < -0.39 is 6.29 Å². The smallest absolute Gasteiger partial charge is 0.224 e. The summed E-state index contributed by atoms with van der Waals surface area (Å²) in [5.74, 6) is 0.547. The third kappa shape index (κ3) is 10.5. The molecule has 1 aromatic heterocycles. The number of carbonyl (C=O) groups excluding carboxylic acids is 2. The van der Waals surface area contributed by atoms with E-state index in [1.165, 1.54) is 0 Å². The molecule has 1 fully saturated rings. The standard InChI is InChI=1S/C40H45N7O5S/c1-47-40(44-45-46-47)53-26-32-23-36(29-17-15-27(25-48)16-18-29)52-39(51-32)30-21-19-28(20-22-30)33-10-6-5-9-31(33)24-42-37(49)13-3-2-4-14-38(50)43-35-12-8-7-11-34(35)41/h5-12,15-22,32,36,39,48H,2-4,13-14,23-26,41H2,1H3,(H,42,49)(H,43,50). The van der Waals surface area contributed by atoms with Gasteiger partial charge in [-0.25, -0.2) is 4.68 Å². The number of rotatable bonds is 16. The molecular formula is C40H45N7O5S. The molecule has 5 aromatic rings. The molecule has 13 heteroatoms. The molecule has 0 bridgehead atoms. The van der Waals surface area contributed by atoms with Crippen LogP contribution in [-0.4, -0.2) is 49.0 Å². The highest BCUT2D eigenvalue weighted by Crippen LogP contribution is 2.40. The van der Waals surface area contributed by atoms with Crippen molar-refractivity contribution >= 4 is 35.0 Å². The van der Waals surface area contributed by atoms with Crippen LogP contribution in [0.25, 0.3) is 11.1 Å². The van der Waals surface area contributed by atoms with Gasteiger partial charge in [-0.3, -0.25) is 9.59 Å². The average molecular weight is 736 g/mol. The number of nitrogens with one attached hydrogen (secondary N) is 2. The van der Waals surface area contributed by atoms with Crippen molar-refractivity contribution in [1.29, 1.82) is 0 Å². The number of hydrogen-bond donors (Lipinski definition) is 4. The van der Waals surface area contributed by atoms with E-state index >= 15 is 0 Å². The van der Waals surface area contributed by atoms with Gasteiger partial charge in [0.05, 0.1) is 30.2 Å². The van der Waals surface area contributed by atoms with E-state index in [1.54, 1.807) is 28.6 Å². The molecule has 276 valence electrons. The van der Waals surface area contributed by atoms with Crippen molar-refractivity contribution in [3.8, 4) is 11.1 Å². The van der Waals surface area contributed by atoms with Crippen molar-refractivity contribution in [1.82, 2.24) is 25.5 Å². The molecule has 3 atom stereocenters. The van der Waals surface area contributed by atoms with Crippen LogP contribution in [0, 0.1) is 0 Å². The fourth-order valence-corrected chi connectivity index (χ4v) is 7.03. The first kappa shape index (κ1) is 37.7. The van der Waals surface area contributed by atoms with Crippen LogP contribution in [0.4, 0.5) is 11.4 Å². The summed E-state index contributed by atoms with van der Waals surface area (Å²) in [4.78, 5) is 25.0. The molecule has 1 aliphatic heterocycles. The van der Waals surface area contributed by atoms with Gasteiger partial charge < -0.3 is 30.9 Å². The largest absolute Gasteiger partial charge is 0.397 e. The lowest BCUT2D eigenvalue weighted by atomic mass is 9.97. The Morgan fingerprint density at radius 3 is 2.34 bits per heavy atom. The molecule has 2 amide bonds. The summed E-state index contributed by atoms with van der Waals surface area (Å²) in [7, 11) is 1.81. The number of aliphatic hydroxyl groups excluding tert-OH is 1. The summed E-state index contributed by atoms with van der Waals surface area (Å²) in [5, 5.41) is 27.9. The minimum Gasteiger partial charge on any atom is -0.397 e. The molecular weight excluding hydrogens is 691 g/mol. The number of tetrazole rings is 1. The van der Waals surface area contributed by atoms with Crippen LogP contribution in [-0.2, 0) is 39.3 Å². The van der Waals surface area contributed by atoms with Crippen LogP contribution in [0.3, 0.4) is 0 Å². The molecule has 6 rings (SSSR count). The monoisotopic (exact) mass is 735 g/mol. The summed E-state index contributed by atoms with van der Waals surface area (Å²) in [5.41, 5.74) is 12.9. The average Bonchev–Trinajstić information content (AvgIpc) is 3.61. The lowest BCUT2D eigenvalue weighted by molar-refractivity contribution is -0.245. The molecule has 2 heterocycles. The lowest BCUT2D eigenvalue weighted by Crippen LogP contribution is -2.31. The van der Waals surface area contributed by atoms with Crippen LogP contribution < -0.4 is 16.4 Å². The quantitative estimate of drug-likeness (QED) is 0.0500. The Hall–Kier alpha value is -5.08. The molecule has 1 saturated heterocycles. The highest BCUT2D eigenvalue weighted by atomic mass is 32.2. The van der Waals surface area contributed by atoms with Crippen molar-refractivity contribution in [2.75, 3.05) is 16.8 Å². The third-order valence-electron chi connectivity index (χ3n) is 9.12. The summed E-state index contributed by atoms with van der Waals surface area (Å²) in [6.45, 7) is 0.392. The molecule has 0 spiro atoms. The number of unbranched alkanes of at least 4 members (excludes halogenated alkanes) is 2. The van der Waals surface area contributed by atoms with E-state index in [9.17, 15) is 14.7 Å². The maximum atomic E-state index is 12.7. The summed E-state index contributed by atoms with van der Waals surface area (Å²) in [6, 6.07) is 31.2. The molecule has 1 aliphatic rings. The van der Waals surface area contributed by atoms with Crippen LogP contribution in [0.2, 0.25) is 0 Å². The summed E-state index contributed by atoms with van der Waals surface area (Å²) >= 11 is 1.54. The number of nitrogens with two attached hydrogens (primary N) is 1. The van der Waals surface area contributed by atoms with E-state index in [0.717, 1.165) is 39.8 Å². The van der Waals surface area contributed by atoms with E-state index in [1.807, 2.05) is 73.8 Å². The van der Waals surface area contributed by atoms with Gasteiger partial charge in [-0.1, -0.05) is 103 Å². The Kier molecular flexibility index (Phi) is 13.2. The second-order valence-electron chi connectivity index (χ2n) is 13.0. The van der Waals surface area contributed by atoms with Gasteiger partial charge in [-0.2, -0.15) is 0 Å². The van der Waals surface area contributed by atoms with Gasteiger partial charge in [0.1, 0.15) is 0 Å². The van der Waals surface area contributed by atoms with Crippen LogP contribution >= 0.6 is 11.8 Å². The SMILES string of the molecule is Cn1nnnc1SCC1CC(c2ccc(CO)cc2)OC(c2ccc(-c3ccccc3CNC(=O)CCCCCC(=O)Nc3ccccc3N)cc2)O1. The number of nitrogen functional groups attached to an aromatic ring is 1. The number of ether oxygens (including phenoxy) is 2. The predicted molar refractivity (Wildman–Crippen MR) is 204 cm³/mol. The van der Waals surface area contributed by atoms with Crippen molar-refractivity contribution in [2.45, 2.75) is 75.3 Å². The van der Waals surface area contributed by atoms with Crippen LogP contribution in [0.15, 0.2) is 102 Å².